The van der Waals surface area contributed by atoms with Gasteiger partial charge in [0.2, 0.25) is 0 Å². The second kappa shape index (κ2) is 9.11. The smallest absolute Gasteiger partial charge is 0.266 e. The van der Waals surface area contributed by atoms with Gasteiger partial charge in [-0.25, -0.2) is 9.67 Å². The number of nitrogens with one attached hydrogen (secondary N) is 1. The molecule has 0 aliphatic rings. The summed E-state index contributed by atoms with van der Waals surface area (Å²) in [7, 11) is 1.58. The van der Waals surface area contributed by atoms with Crippen molar-refractivity contribution < 1.29 is 4.79 Å². The van der Waals surface area contributed by atoms with Gasteiger partial charge in [0.15, 0.2) is 0 Å². The van der Waals surface area contributed by atoms with Crippen LogP contribution in [0.4, 0.5) is 0 Å². The third-order valence-corrected chi connectivity index (χ3v) is 6.12. The minimum absolute atomic E-state index is 0.0535. The first-order valence-electron chi connectivity index (χ1n) is 9.99. The summed E-state index contributed by atoms with van der Waals surface area (Å²) < 4.78 is 2.64. The van der Waals surface area contributed by atoms with Gasteiger partial charge in [-0.05, 0) is 25.1 Å². The Hall–Kier alpha value is -3.85. The highest BCUT2D eigenvalue weighted by Crippen LogP contribution is 2.33. The van der Waals surface area contributed by atoms with Crippen molar-refractivity contribution in [1.82, 2.24) is 24.6 Å². The second-order valence-electron chi connectivity index (χ2n) is 7.17. The van der Waals surface area contributed by atoms with E-state index in [9.17, 15) is 14.4 Å². The molecule has 0 aliphatic carbocycles. The predicted molar refractivity (Wildman–Crippen MR) is 124 cm³/mol. The third kappa shape index (κ3) is 4.42. The Balaban J connectivity index is 1.51. The van der Waals surface area contributed by atoms with Gasteiger partial charge >= 0.3 is 0 Å². The molecule has 3 aromatic heterocycles. The van der Waals surface area contributed by atoms with E-state index in [2.05, 4.69) is 15.4 Å². The van der Waals surface area contributed by atoms with Crippen molar-refractivity contribution >= 4 is 17.2 Å². The van der Waals surface area contributed by atoms with Crippen LogP contribution in [0.15, 0.2) is 70.4 Å². The lowest BCUT2D eigenvalue weighted by molar-refractivity contribution is 0.0949. The molecule has 0 spiro atoms. The van der Waals surface area contributed by atoms with Gasteiger partial charge < -0.3 is 9.88 Å². The summed E-state index contributed by atoms with van der Waals surface area (Å²) in [5, 5.41) is 8.03. The lowest BCUT2D eigenvalue weighted by Crippen LogP contribution is -2.35. The maximum atomic E-state index is 12.3. The molecule has 0 atom stereocenters. The SMILES string of the molecule is Cc1nc(-c2ccccc2)sc1-c1ccc(=O)n(CCNC(=O)c2cccn(C)c2=O)n1. The van der Waals surface area contributed by atoms with Crippen LogP contribution in [0.5, 0.6) is 0 Å². The molecule has 3 heterocycles. The molecule has 1 amide bonds. The number of pyridine rings is 1. The highest BCUT2D eigenvalue weighted by Gasteiger charge is 2.14. The van der Waals surface area contributed by atoms with E-state index in [-0.39, 0.29) is 29.8 Å². The van der Waals surface area contributed by atoms with E-state index in [1.54, 1.807) is 25.4 Å². The zero-order chi connectivity index (χ0) is 22.7. The van der Waals surface area contributed by atoms with Crippen molar-refractivity contribution in [3.8, 4) is 21.1 Å². The van der Waals surface area contributed by atoms with Crippen LogP contribution in [0.1, 0.15) is 16.1 Å². The molecule has 0 saturated heterocycles. The first-order chi connectivity index (χ1) is 15.4. The molecular formula is C23H21N5O3S. The molecule has 162 valence electrons. The van der Waals surface area contributed by atoms with Crippen LogP contribution in [-0.4, -0.2) is 31.8 Å². The summed E-state index contributed by atoms with van der Waals surface area (Å²) in [5.41, 5.74) is 1.90. The molecule has 0 saturated carbocycles. The van der Waals surface area contributed by atoms with E-state index < -0.39 is 5.91 Å². The minimum atomic E-state index is -0.485. The number of hydrogen-bond donors (Lipinski definition) is 1. The van der Waals surface area contributed by atoms with Crippen LogP contribution in [0.25, 0.3) is 21.1 Å². The standard InChI is InChI=1S/C23H21N5O3S/c1-15-20(32-22(25-15)16-7-4-3-5-8-16)18-10-11-19(29)28(26-18)14-12-24-21(30)17-9-6-13-27(2)23(17)31/h3-11,13H,12,14H2,1-2H3,(H,24,30). The van der Waals surface area contributed by atoms with Gasteiger partial charge in [-0.1, -0.05) is 30.3 Å². The fourth-order valence-electron chi connectivity index (χ4n) is 3.21. The van der Waals surface area contributed by atoms with Crippen molar-refractivity contribution in [3.05, 3.63) is 92.8 Å². The van der Waals surface area contributed by atoms with Crippen molar-refractivity contribution in [2.45, 2.75) is 13.5 Å². The van der Waals surface area contributed by atoms with E-state index >= 15 is 0 Å². The predicted octanol–water partition coefficient (Wildman–Crippen LogP) is 2.47. The number of thiazole rings is 1. The van der Waals surface area contributed by atoms with Gasteiger partial charge in [-0.15, -0.1) is 11.3 Å². The summed E-state index contributed by atoms with van der Waals surface area (Å²) in [5.74, 6) is -0.485. The number of aromatic nitrogens is 4. The van der Waals surface area contributed by atoms with Gasteiger partial charge in [-0.2, -0.15) is 5.10 Å². The molecule has 4 aromatic rings. The molecule has 0 radical (unpaired) electrons. The average molecular weight is 448 g/mol. The van der Waals surface area contributed by atoms with E-state index in [4.69, 9.17) is 0 Å². The Morgan fingerprint density at radius 2 is 1.84 bits per heavy atom. The fourth-order valence-corrected chi connectivity index (χ4v) is 4.25. The summed E-state index contributed by atoms with van der Waals surface area (Å²) in [6, 6.07) is 16.1. The van der Waals surface area contributed by atoms with Crippen LogP contribution in [0, 0.1) is 6.92 Å². The monoisotopic (exact) mass is 447 g/mol. The van der Waals surface area contributed by atoms with Crippen LogP contribution in [0.3, 0.4) is 0 Å². The topological polar surface area (TPSA) is 98.9 Å². The van der Waals surface area contributed by atoms with Gasteiger partial charge in [0.1, 0.15) is 16.3 Å². The van der Waals surface area contributed by atoms with Crippen LogP contribution < -0.4 is 16.4 Å². The molecule has 0 bridgehead atoms. The molecule has 0 aliphatic heterocycles. The highest BCUT2D eigenvalue weighted by molar-refractivity contribution is 7.18. The number of nitrogens with zero attached hydrogens (tertiary/aromatic N) is 4. The number of amides is 1. The molecule has 9 heteroatoms. The Bertz CT molecular complexity index is 1390. The molecule has 0 fully saturated rings. The van der Waals surface area contributed by atoms with E-state index in [1.165, 1.54) is 32.7 Å². The normalized spacial score (nSPS) is 10.8. The third-order valence-electron chi connectivity index (χ3n) is 4.89. The number of carbonyl (C=O) groups is 1. The molecular weight excluding hydrogens is 426 g/mol. The molecule has 1 aromatic carbocycles. The maximum Gasteiger partial charge on any atom is 0.266 e. The van der Waals surface area contributed by atoms with Crippen molar-refractivity contribution in [1.29, 1.82) is 0 Å². The summed E-state index contributed by atoms with van der Waals surface area (Å²) in [6.07, 6.45) is 1.58. The number of carbonyl (C=O) groups excluding carboxylic acids is 1. The van der Waals surface area contributed by atoms with Crippen molar-refractivity contribution in [3.63, 3.8) is 0 Å². The summed E-state index contributed by atoms with van der Waals surface area (Å²) in [4.78, 5) is 42.2. The van der Waals surface area contributed by atoms with Gasteiger partial charge in [0, 0.05) is 31.4 Å². The zero-order valence-corrected chi connectivity index (χ0v) is 18.4. The van der Waals surface area contributed by atoms with Crippen LogP contribution >= 0.6 is 11.3 Å². The first kappa shape index (κ1) is 21.4. The van der Waals surface area contributed by atoms with E-state index in [0.29, 0.717) is 5.69 Å². The number of rotatable bonds is 6. The van der Waals surface area contributed by atoms with Crippen LogP contribution in [0.2, 0.25) is 0 Å². The Morgan fingerprint density at radius 1 is 1.06 bits per heavy atom. The minimum Gasteiger partial charge on any atom is -0.350 e. The largest absolute Gasteiger partial charge is 0.350 e. The summed E-state index contributed by atoms with van der Waals surface area (Å²) in [6.45, 7) is 2.25. The average Bonchev–Trinajstić information content (AvgIpc) is 3.19. The quantitative estimate of drug-likeness (QED) is 0.490. The lowest BCUT2D eigenvalue weighted by atomic mass is 10.2. The van der Waals surface area contributed by atoms with E-state index in [1.807, 2.05) is 37.3 Å². The number of aryl methyl sites for hydroxylation is 2. The highest BCUT2D eigenvalue weighted by atomic mass is 32.1. The number of hydrogen-bond acceptors (Lipinski definition) is 6. The lowest BCUT2D eigenvalue weighted by Gasteiger charge is -2.08. The van der Waals surface area contributed by atoms with Crippen molar-refractivity contribution in [2.75, 3.05) is 6.54 Å². The van der Waals surface area contributed by atoms with Gasteiger partial charge in [0.05, 0.1) is 17.1 Å². The van der Waals surface area contributed by atoms with Gasteiger partial charge in [-0.3, -0.25) is 14.4 Å². The Morgan fingerprint density at radius 3 is 2.62 bits per heavy atom. The Labute approximate surface area is 187 Å². The molecule has 0 unspecified atom stereocenters. The molecule has 32 heavy (non-hydrogen) atoms. The molecule has 8 nitrogen and oxygen atoms in total. The zero-order valence-electron chi connectivity index (χ0n) is 17.6. The molecule has 1 N–H and O–H groups in total. The fraction of sp³-hybridized carbons (Fsp3) is 0.174. The van der Waals surface area contributed by atoms with Crippen molar-refractivity contribution in [2.24, 2.45) is 7.05 Å². The van der Waals surface area contributed by atoms with Crippen LogP contribution in [-0.2, 0) is 13.6 Å². The second-order valence-corrected chi connectivity index (χ2v) is 8.17. The van der Waals surface area contributed by atoms with E-state index in [0.717, 1.165) is 21.1 Å². The summed E-state index contributed by atoms with van der Waals surface area (Å²) >= 11 is 1.51. The number of benzene rings is 1. The maximum absolute atomic E-state index is 12.3. The molecule has 4 rings (SSSR count). The first-order valence-corrected chi connectivity index (χ1v) is 10.8. The van der Waals surface area contributed by atoms with Gasteiger partial charge in [0.25, 0.3) is 17.0 Å². The Kier molecular flexibility index (Phi) is 6.09.